The molecule has 6 nitrogen and oxygen atoms in total. The van der Waals surface area contributed by atoms with E-state index in [2.05, 4.69) is 10.6 Å². The number of benzene rings is 3. The van der Waals surface area contributed by atoms with Crippen LogP contribution < -0.4 is 21.3 Å². The number of rotatable bonds is 7. The minimum absolute atomic E-state index is 0.0752. The molecular weight excluding hydrogens is 467 g/mol. The lowest BCUT2D eigenvalue weighted by molar-refractivity contribution is -0.126. The number of nitrogens with two attached hydrogens (primary N) is 1. The highest BCUT2D eigenvalue weighted by molar-refractivity contribution is 6.00. The number of urea groups is 1. The second-order valence-electron chi connectivity index (χ2n) is 9.83. The normalized spacial score (nSPS) is 15.6. The maximum Gasteiger partial charge on any atom is 0.323 e. The molecule has 1 unspecified atom stereocenters. The van der Waals surface area contributed by atoms with Crippen molar-refractivity contribution in [3.8, 4) is 0 Å². The number of primary amides is 1. The molecule has 1 aliphatic heterocycles. The third-order valence-electron chi connectivity index (χ3n) is 7.74. The predicted octanol–water partition coefficient (Wildman–Crippen LogP) is 6.14. The van der Waals surface area contributed by atoms with E-state index in [0.717, 1.165) is 35.2 Å². The Morgan fingerprint density at radius 3 is 2.19 bits per heavy atom. The Morgan fingerprint density at radius 2 is 1.62 bits per heavy atom. The number of aryl methyl sites for hydroxylation is 2. The van der Waals surface area contributed by atoms with E-state index in [1.165, 1.54) is 6.07 Å². The summed E-state index contributed by atoms with van der Waals surface area (Å²) in [6, 6.07) is 19.9. The van der Waals surface area contributed by atoms with Gasteiger partial charge in [0, 0.05) is 24.5 Å². The Bertz CT molecular complexity index is 1250. The summed E-state index contributed by atoms with van der Waals surface area (Å²) in [5.41, 5.74) is 9.72. The van der Waals surface area contributed by atoms with Gasteiger partial charge in [-0.15, -0.1) is 0 Å². The van der Waals surface area contributed by atoms with Gasteiger partial charge in [-0.25, -0.2) is 9.18 Å². The van der Waals surface area contributed by atoms with Crippen molar-refractivity contribution in [1.82, 2.24) is 0 Å². The number of amides is 3. The molecule has 0 radical (unpaired) electrons. The van der Waals surface area contributed by atoms with E-state index < -0.39 is 17.3 Å². The Balaban J connectivity index is 1.43. The maximum atomic E-state index is 15.1. The van der Waals surface area contributed by atoms with Gasteiger partial charge >= 0.3 is 6.03 Å². The molecule has 4 rings (SSSR count). The fraction of sp³-hybridized carbons (Fsp3) is 0.333. The number of halogens is 1. The predicted molar refractivity (Wildman–Crippen MR) is 147 cm³/mol. The molecular formula is C30H35FN4O2. The molecule has 3 aromatic rings. The van der Waals surface area contributed by atoms with E-state index in [1.807, 2.05) is 74.2 Å². The number of anilines is 3. The van der Waals surface area contributed by atoms with Crippen LogP contribution in [-0.4, -0.2) is 25.0 Å². The van der Waals surface area contributed by atoms with E-state index >= 15 is 4.39 Å². The largest absolute Gasteiger partial charge is 0.369 e. The molecule has 37 heavy (non-hydrogen) atoms. The number of hydrogen-bond donors (Lipinski definition) is 3. The highest BCUT2D eigenvalue weighted by Gasteiger charge is 2.45. The van der Waals surface area contributed by atoms with Gasteiger partial charge in [0.1, 0.15) is 5.82 Å². The van der Waals surface area contributed by atoms with E-state index in [1.54, 1.807) is 12.1 Å². The Hall–Kier alpha value is -3.87. The van der Waals surface area contributed by atoms with Crippen LogP contribution in [0, 0.1) is 25.6 Å². The van der Waals surface area contributed by atoms with Crippen LogP contribution in [0.5, 0.6) is 0 Å². The number of piperidine rings is 1. The van der Waals surface area contributed by atoms with Gasteiger partial charge in [0.2, 0.25) is 5.91 Å². The van der Waals surface area contributed by atoms with Gasteiger partial charge in [-0.2, -0.15) is 0 Å². The fourth-order valence-corrected chi connectivity index (χ4v) is 5.72. The molecule has 3 amide bonds. The molecule has 0 aromatic heterocycles. The molecule has 3 aromatic carbocycles. The summed E-state index contributed by atoms with van der Waals surface area (Å²) in [4.78, 5) is 27.3. The van der Waals surface area contributed by atoms with Crippen LogP contribution in [0.3, 0.4) is 0 Å². The molecule has 0 bridgehead atoms. The van der Waals surface area contributed by atoms with Gasteiger partial charge in [0.15, 0.2) is 0 Å². The van der Waals surface area contributed by atoms with Crippen molar-refractivity contribution in [3.63, 3.8) is 0 Å². The Labute approximate surface area is 218 Å². The third kappa shape index (κ3) is 5.31. The van der Waals surface area contributed by atoms with E-state index in [-0.39, 0.29) is 11.8 Å². The summed E-state index contributed by atoms with van der Waals surface area (Å²) in [6.45, 7) is 7.08. The highest BCUT2D eigenvalue weighted by atomic mass is 19.1. The van der Waals surface area contributed by atoms with Crippen molar-refractivity contribution in [2.24, 2.45) is 11.7 Å². The molecule has 4 N–H and O–H groups in total. The molecule has 0 spiro atoms. The van der Waals surface area contributed by atoms with Crippen molar-refractivity contribution < 1.29 is 14.0 Å². The molecule has 1 atom stereocenters. The summed E-state index contributed by atoms with van der Waals surface area (Å²) >= 11 is 0. The number of hydrogen-bond acceptors (Lipinski definition) is 3. The average molecular weight is 503 g/mol. The zero-order chi connectivity index (χ0) is 26.6. The minimum atomic E-state index is -0.734. The van der Waals surface area contributed by atoms with Crippen molar-refractivity contribution in [2.75, 3.05) is 28.6 Å². The monoisotopic (exact) mass is 502 g/mol. The highest BCUT2D eigenvalue weighted by Crippen LogP contribution is 2.42. The summed E-state index contributed by atoms with van der Waals surface area (Å²) < 4.78 is 15.1. The van der Waals surface area contributed by atoms with Gasteiger partial charge in [-0.3, -0.25) is 4.79 Å². The fourth-order valence-electron chi connectivity index (χ4n) is 5.72. The first-order chi connectivity index (χ1) is 17.8. The Morgan fingerprint density at radius 1 is 0.973 bits per heavy atom. The van der Waals surface area contributed by atoms with E-state index in [0.29, 0.717) is 30.9 Å². The lowest BCUT2D eigenvalue weighted by Gasteiger charge is -2.43. The summed E-state index contributed by atoms with van der Waals surface area (Å²) in [5.74, 6) is -0.630. The number of carbonyl (C=O) groups excluding carboxylic acids is 2. The maximum absolute atomic E-state index is 15.1. The van der Waals surface area contributed by atoms with Gasteiger partial charge in [-0.1, -0.05) is 55.5 Å². The molecule has 0 saturated carbocycles. The van der Waals surface area contributed by atoms with Crippen molar-refractivity contribution in [2.45, 2.75) is 45.4 Å². The number of nitrogens with zero attached hydrogens (tertiary/aromatic N) is 1. The first-order valence-electron chi connectivity index (χ1n) is 12.8. The number of carbonyl (C=O) groups is 2. The van der Waals surface area contributed by atoms with Crippen LogP contribution in [-0.2, 0) is 10.2 Å². The molecule has 1 fully saturated rings. The quantitative estimate of drug-likeness (QED) is 0.363. The third-order valence-corrected chi connectivity index (χ3v) is 7.74. The van der Waals surface area contributed by atoms with Crippen LogP contribution in [0.1, 0.15) is 42.9 Å². The number of para-hydroxylation sites is 1. The minimum Gasteiger partial charge on any atom is -0.369 e. The van der Waals surface area contributed by atoms with Crippen LogP contribution in [0.25, 0.3) is 0 Å². The zero-order valence-corrected chi connectivity index (χ0v) is 21.7. The van der Waals surface area contributed by atoms with Gasteiger partial charge in [0.25, 0.3) is 0 Å². The molecule has 0 aliphatic carbocycles. The van der Waals surface area contributed by atoms with E-state index in [4.69, 9.17) is 5.73 Å². The Kier molecular flexibility index (Phi) is 7.81. The molecule has 194 valence electrons. The second kappa shape index (κ2) is 11.0. The smallest absolute Gasteiger partial charge is 0.323 e. The first-order valence-corrected chi connectivity index (χ1v) is 12.8. The van der Waals surface area contributed by atoms with E-state index in [9.17, 15) is 9.59 Å². The molecule has 1 heterocycles. The second-order valence-corrected chi connectivity index (χ2v) is 9.83. The zero-order valence-electron chi connectivity index (χ0n) is 21.7. The van der Waals surface area contributed by atoms with Crippen LogP contribution in [0.15, 0.2) is 66.7 Å². The van der Waals surface area contributed by atoms with Gasteiger partial charge in [0.05, 0.1) is 11.1 Å². The van der Waals surface area contributed by atoms with Crippen molar-refractivity contribution >= 4 is 29.0 Å². The average Bonchev–Trinajstić information content (AvgIpc) is 2.88. The van der Waals surface area contributed by atoms with Gasteiger partial charge < -0.3 is 21.3 Å². The number of nitrogens with one attached hydrogen (secondary N) is 2. The first kappa shape index (κ1) is 26.2. The van der Waals surface area contributed by atoms with Crippen LogP contribution in [0.2, 0.25) is 0 Å². The molecule has 1 saturated heterocycles. The lowest BCUT2D eigenvalue weighted by Crippen LogP contribution is -2.50. The van der Waals surface area contributed by atoms with Crippen molar-refractivity contribution in [3.05, 3.63) is 89.2 Å². The summed E-state index contributed by atoms with van der Waals surface area (Å²) in [7, 11) is 0. The standard InChI is InChI=1S/C30H35FN4O2/c1-4-30(28(32)36,22-11-6-5-7-12-22)23-15-17-35(18-16-23)26-14-13-24(19-25(26)31)33-29(37)34-27-20(2)9-8-10-21(27)3/h5-14,19,23H,4,15-18H2,1-3H3,(H2,32,36)(H2,33,34,37). The van der Waals surface area contributed by atoms with Crippen LogP contribution in [0.4, 0.5) is 26.2 Å². The van der Waals surface area contributed by atoms with Gasteiger partial charge in [-0.05, 0) is 73.9 Å². The molecule has 7 heteroatoms. The summed E-state index contributed by atoms with van der Waals surface area (Å²) in [5, 5.41) is 5.57. The topological polar surface area (TPSA) is 87.5 Å². The molecule has 1 aliphatic rings. The SMILES string of the molecule is CCC(C(N)=O)(c1ccccc1)C1CCN(c2ccc(NC(=O)Nc3c(C)cccc3C)cc2F)CC1. The summed E-state index contributed by atoms with van der Waals surface area (Å²) in [6.07, 6.45) is 2.07. The van der Waals surface area contributed by atoms with Crippen molar-refractivity contribution in [1.29, 1.82) is 0 Å². The van der Waals surface area contributed by atoms with Crippen LogP contribution >= 0.6 is 0 Å². The lowest BCUT2D eigenvalue weighted by atomic mass is 9.64.